The Labute approximate surface area is 80.6 Å². The molecule has 0 bridgehead atoms. The van der Waals surface area contributed by atoms with Crippen molar-refractivity contribution in [2.45, 2.75) is 13.0 Å². The molecular weight excluding hydrogens is 182 g/mol. The first-order chi connectivity index (χ1) is 6.70. The van der Waals surface area contributed by atoms with Crippen molar-refractivity contribution in [3.63, 3.8) is 0 Å². The summed E-state index contributed by atoms with van der Waals surface area (Å²) in [6, 6.07) is 3.60. The highest BCUT2D eigenvalue weighted by Gasteiger charge is 2.13. The Morgan fingerprint density at radius 2 is 2.29 bits per heavy atom. The molecule has 0 saturated carbocycles. The number of hydrogen-bond acceptors (Lipinski definition) is 5. The van der Waals surface area contributed by atoms with Crippen LogP contribution >= 0.6 is 0 Å². The van der Waals surface area contributed by atoms with Crippen molar-refractivity contribution in [3.05, 3.63) is 23.7 Å². The van der Waals surface area contributed by atoms with Gasteiger partial charge in [0.1, 0.15) is 6.10 Å². The van der Waals surface area contributed by atoms with E-state index in [1.165, 1.54) is 0 Å². The molecule has 2 aromatic rings. The number of rotatable bonds is 2. The van der Waals surface area contributed by atoms with Gasteiger partial charge >= 0.3 is 0 Å². The zero-order valence-electron chi connectivity index (χ0n) is 7.77. The quantitative estimate of drug-likeness (QED) is 0.726. The average Bonchev–Trinajstić information content (AvgIpc) is 2.59. The third-order valence-electron chi connectivity index (χ3n) is 1.92. The van der Waals surface area contributed by atoms with Gasteiger partial charge in [-0.2, -0.15) is 4.98 Å². The van der Waals surface area contributed by atoms with Crippen LogP contribution in [0.1, 0.15) is 17.7 Å². The molecule has 0 aliphatic rings. The Bertz CT molecular complexity index is 452. The summed E-state index contributed by atoms with van der Waals surface area (Å²) in [6.07, 6.45) is -0.857. The Kier molecular flexibility index (Phi) is 2.18. The second-order valence-corrected chi connectivity index (χ2v) is 3.08. The van der Waals surface area contributed by atoms with E-state index in [4.69, 9.17) is 10.2 Å². The van der Waals surface area contributed by atoms with Crippen LogP contribution in [0.25, 0.3) is 11.2 Å². The van der Waals surface area contributed by atoms with E-state index in [0.717, 1.165) is 5.69 Å². The second kappa shape index (κ2) is 3.36. The largest absolute Gasteiger partial charge is 0.436 e. The lowest BCUT2D eigenvalue weighted by Gasteiger charge is -1.98. The van der Waals surface area contributed by atoms with Gasteiger partial charge in [0.15, 0.2) is 11.2 Å². The Hall–Kier alpha value is -1.46. The lowest BCUT2D eigenvalue weighted by molar-refractivity contribution is 0.154. The topological polar surface area (TPSA) is 85.2 Å². The fraction of sp³-hybridized carbons (Fsp3) is 0.333. The number of aromatic nitrogens is 2. The van der Waals surface area contributed by atoms with E-state index in [2.05, 4.69) is 9.97 Å². The number of hydrogen-bond donors (Lipinski definition) is 2. The summed E-state index contributed by atoms with van der Waals surface area (Å²) in [5, 5.41) is 9.39. The van der Waals surface area contributed by atoms with Crippen molar-refractivity contribution < 1.29 is 9.52 Å². The zero-order chi connectivity index (χ0) is 10.1. The van der Waals surface area contributed by atoms with E-state index in [-0.39, 0.29) is 12.4 Å². The molecule has 0 spiro atoms. The molecule has 0 saturated heterocycles. The number of aliphatic hydroxyl groups is 1. The van der Waals surface area contributed by atoms with Crippen molar-refractivity contribution in [3.8, 4) is 0 Å². The summed E-state index contributed by atoms with van der Waals surface area (Å²) in [4.78, 5) is 8.19. The van der Waals surface area contributed by atoms with Crippen LogP contribution in [-0.2, 0) is 0 Å². The predicted octanol–water partition coefficient (Wildman–Crippen LogP) is 0.523. The molecule has 0 aromatic carbocycles. The predicted molar refractivity (Wildman–Crippen MR) is 50.6 cm³/mol. The molecule has 74 valence electrons. The number of oxazole rings is 1. The lowest BCUT2D eigenvalue weighted by Crippen LogP contribution is -2.11. The van der Waals surface area contributed by atoms with Gasteiger partial charge in [-0.15, -0.1) is 0 Å². The number of aliphatic hydroxyl groups excluding tert-OH is 1. The van der Waals surface area contributed by atoms with Gasteiger partial charge in [-0.25, -0.2) is 4.98 Å². The molecule has 0 aliphatic carbocycles. The van der Waals surface area contributed by atoms with Crippen LogP contribution in [0.5, 0.6) is 0 Å². The Morgan fingerprint density at radius 3 is 3.00 bits per heavy atom. The minimum atomic E-state index is -0.857. The zero-order valence-corrected chi connectivity index (χ0v) is 7.77. The fourth-order valence-corrected chi connectivity index (χ4v) is 1.17. The molecule has 0 radical (unpaired) electrons. The molecule has 1 atom stereocenters. The summed E-state index contributed by atoms with van der Waals surface area (Å²) in [6.45, 7) is 1.96. The Balaban J connectivity index is 2.51. The molecule has 5 nitrogen and oxygen atoms in total. The Morgan fingerprint density at radius 1 is 1.50 bits per heavy atom. The highest BCUT2D eigenvalue weighted by Crippen LogP contribution is 2.18. The summed E-state index contributed by atoms with van der Waals surface area (Å²) < 4.78 is 5.27. The van der Waals surface area contributed by atoms with Crippen molar-refractivity contribution in [1.29, 1.82) is 0 Å². The van der Waals surface area contributed by atoms with E-state index in [9.17, 15) is 5.11 Å². The highest BCUT2D eigenvalue weighted by atomic mass is 16.4. The number of nitrogens with two attached hydrogens (primary N) is 1. The molecule has 3 N–H and O–H groups in total. The van der Waals surface area contributed by atoms with Gasteiger partial charge in [0.05, 0.1) is 0 Å². The van der Waals surface area contributed by atoms with Crippen molar-refractivity contribution in [1.82, 2.24) is 9.97 Å². The SMILES string of the molecule is Cc1ccc2oc(C(O)CN)nc2n1. The first kappa shape index (κ1) is 9.11. The molecule has 1 unspecified atom stereocenters. The molecule has 0 aliphatic heterocycles. The van der Waals surface area contributed by atoms with Crippen LogP contribution in [-0.4, -0.2) is 21.6 Å². The maximum absolute atomic E-state index is 9.39. The standard InChI is InChI=1S/C9H11N3O2/c1-5-2-3-7-8(11-5)12-9(14-7)6(13)4-10/h2-3,6,13H,4,10H2,1H3. The smallest absolute Gasteiger partial charge is 0.227 e. The maximum Gasteiger partial charge on any atom is 0.227 e. The van der Waals surface area contributed by atoms with Crippen LogP contribution in [0.3, 0.4) is 0 Å². The van der Waals surface area contributed by atoms with Gasteiger partial charge in [0, 0.05) is 12.2 Å². The molecule has 2 heterocycles. The fourth-order valence-electron chi connectivity index (χ4n) is 1.17. The van der Waals surface area contributed by atoms with Gasteiger partial charge in [-0.3, -0.25) is 0 Å². The van der Waals surface area contributed by atoms with E-state index in [1.54, 1.807) is 6.07 Å². The van der Waals surface area contributed by atoms with Gasteiger partial charge in [0.25, 0.3) is 0 Å². The summed E-state index contributed by atoms with van der Waals surface area (Å²) in [5.41, 5.74) is 7.22. The number of fused-ring (bicyclic) bond motifs is 1. The molecule has 5 heteroatoms. The first-order valence-corrected chi connectivity index (χ1v) is 4.33. The summed E-state index contributed by atoms with van der Waals surface area (Å²) in [7, 11) is 0. The second-order valence-electron chi connectivity index (χ2n) is 3.08. The third kappa shape index (κ3) is 1.47. The van der Waals surface area contributed by atoms with E-state index in [0.29, 0.717) is 11.2 Å². The molecule has 2 rings (SSSR count). The minimum Gasteiger partial charge on any atom is -0.436 e. The van der Waals surface area contributed by atoms with Crippen LogP contribution in [0.4, 0.5) is 0 Å². The van der Waals surface area contributed by atoms with Crippen LogP contribution in [0.2, 0.25) is 0 Å². The number of nitrogens with zero attached hydrogens (tertiary/aromatic N) is 2. The van der Waals surface area contributed by atoms with Gasteiger partial charge < -0.3 is 15.3 Å². The molecule has 2 aromatic heterocycles. The van der Waals surface area contributed by atoms with E-state index in [1.807, 2.05) is 13.0 Å². The van der Waals surface area contributed by atoms with Gasteiger partial charge in [0.2, 0.25) is 5.89 Å². The normalized spacial score (nSPS) is 13.4. The maximum atomic E-state index is 9.39. The number of pyridine rings is 1. The van der Waals surface area contributed by atoms with Gasteiger partial charge in [-0.1, -0.05) is 0 Å². The molecule has 0 amide bonds. The van der Waals surface area contributed by atoms with Crippen molar-refractivity contribution >= 4 is 11.2 Å². The first-order valence-electron chi connectivity index (χ1n) is 4.33. The monoisotopic (exact) mass is 193 g/mol. The lowest BCUT2D eigenvalue weighted by atomic mass is 10.4. The summed E-state index contributed by atoms with van der Waals surface area (Å²) in [5.74, 6) is 0.223. The number of aryl methyl sites for hydroxylation is 1. The van der Waals surface area contributed by atoms with Crippen LogP contribution in [0, 0.1) is 6.92 Å². The third-order valence-corrected chi connectivity index (χ3v) is 1.92. The van der Waals surface area contributed by atoms with Crippen molar-refractivity contribution in [2.75, 3.05) is 6.54 Å². The van der Waals surface area contributed by atoms with Crippen LogP contribution in [0.15, 0.2) is 16.5 Å². The van der Waals surface area contributed by atoms with Crippen LogP contribution < -0.4 is 5.73 Å². The summed E-state index contributed by atoms with van der Waals surface area (Å²) >= 11 is 0. The van der Waals surface area contributed by atoms with Crippen molar-refractivity contribution in [2.24, 2.45) is 5.73 Å². The molecule has 14 heavy (non-hydrogen) atoms. The molecule has 0 fully saturated rings. The average molecular weight is 193 g/mol. The minimum absolute atomic E-state index is 0.0891. The molecular formula is C9H11N3O2. The van der Waals surface area contributed by atoms with E-state index >= 15 is 0 Å². The highest BCUT2D eigenvalue weighted by molar-refractivity contribution is 5.67. The van der Waals surface area contributed by atoms with Gasteiger partial charge in [-0.05, 0) is 19.1 Å². The van der Waals surface area contributed by atoms with E-state index < -0.39 is 6.10 Å².